The van der Waals surface area contributed by atoms with Crippen molar-refractivity contribution in [3.8, 4) is 0 Å². The summed E-state index contributed by atoms with van der Waals surface area (Å²) in [5.41, 5.74) is 0. The van der Waals surface area contributed by atoms with Crippen LogP contribution in [0.5, 0.6) is 0 Å². The van der Waals surface area contributed by atoms with Crippen LogP contribution in [0.3, 0.4) is 0 Å². The van der Waals surface area contributed by atoms with Crippen molar-refractivity contribution in [1.82, 2.24) is 25.1 Å². The molecular formula is C10H13N5OS. The van der Waals surface area contributed by atoms with Crippen molar-refractivity contribution in [3.05, 3.63) is 10.8 Å². The molecule has 0 aromatic carbocycles. The molecule has 3 rings (SSSR count). The van der Waals surface area contributed by atoms with Gasteiger partial charge in [-0.25, -0.2) is 0 Å². The number of hydrogen-bond donors (Lipinski definition) is 1. The highest BCUT2D eigenvalue weighted by Gasteiger charge is 2.30. The Morgan fingerprint density at radius 3 is 3.06 bits per heavy atom. The van der Waals surface area contributed by atoms with Crippen LogP contribution in [0.25, 0.3) is 4.96 Å². The molecule has 1 aliphatic carbocycles. The quantitative estimate of drug-likeness (QED) is 0.886. The van der Waals surface area contributed by atoms with Gasteiger partial charge in [0.25, 0.3) is 5.91 Å². The molecule has 0 atom stereocenters. The van der Waals surface area contributed by atoms with E-state index in [4.69, 9.17) is 0 Å². The first-order chi connectivity index (χ1) is 8.29. The van der Waals surface area contributed by atoms with E-state index in [-0.39, 0.29) is 5.91 Å². The zero-order chi connectivity index (χ0) is 11.8. The number of nitrogens with one attached hydrogen (secondary N) is 1. The van der Waals surface area contributed by atoms with E-state index in [2.05, 4.69) is 20.6 Å². The Morgan fingerprint density at radius 1 is 1.53 bits per heavy atom. The van der Waals surface area contributed by atoms with Crippen molar-refractivity contribution < 1.29 is 4.79 Å². The Labute approximate surface area is 102 Å². The van der Waals surface area contributed by atoms with Gasteiger partial charge in [0.15, 0.2) is 5.82 Å². The summed E-state index contributed by atoms with van der Waals surface area (Å²) >= 11 is 1.29. The number of amides is 1. The fraction of sp³-hybridized carbons (Fsp3) is 0.600. The van der Waals surface area contributed by atoms with Gasteiger partial charge < -0.3 is 5.32 Å². The highest BCUT2D eigenvalue weighted by molar-refractivity contribution is 7.18. The van der Waals surface area contributed by atoms with Crippen LogP contribution in [0.2, 0.25) is 0 Å². The summed E-state index contributed by atoms with van der Waals surface area (Å²) in [6.07, 6.45) is 3.22. The highest BCUT2D eigenvalue weighted by atomic mass is 32.1. The summed E-state index contributed by atoms with van der Waals surface area (Å²) in [6.45, 7) is 2.69. The Bertz CT molecular complexity index is 556. The zero-order valence-corrected chi connectivity index (χ0v) is 10.3. The van der Waals surface area contributed by atoms with Crippen molar-refractivity contribution in [1.29, 1.82) is 0 Å². The normalized spacial score (nSPS) is 15.4. The van der Waals surface area contributed by atoms with Crippen molar-refractivity contribution in [3.63, 3.8) is 0 Å². The average molecular weight is 251 g/mol. The predicted molar refractivity (Wildman–Crippen MR) is 63.3 cm³/mol. The highest BCUT2D eigenvalue weighted by Crippen LogP contribution is 2.39. The van der Waals surface area contributed by atoms with E-state index in [9.17, 15) is 4.79 Å². The SMILES string of the molecule is CCCNC(=O)c1nn2c(C3CC3)nnc2s1. The molecule has 6 nitrogen and oxygen atoms in total. The van der Waals surface area contributed by atoms with E-state index in [0.717, 1.165) is 25.1 Å². The van der Waals surface area contributed by atoms with Crippen LogP contribution in [0.15, 0.2) is 0 Å². The zero-order valence-electron chi connectivity index (χ0n) is 9.51. The molecule has 1 amide bonds. The predicted octanol–water partition coefficient (Wildman–Crippen LogP) is 1.20. The molecule has 17 heavy (non-hydrogen) atoms. The molecule has 0 unspecified atom stereocenters. The van der Waals surface area contributed by atoms with Crippen LogP contribution in [0.1, 0.15) is 47.7 Å². The first-order valence-corrected chi connectivity index (χ1v) is 6.61. The summed E-state index contributed by atoms with van der Waals surface area (Å²) in [5.74, 6) is 1.26. The minimum Gasteiger partial charge on any atom is -0.350 e. The number of carbonyl (C=O) groups is 1. The van der Waals surface area contributed by atoms with Crippen molar-refractivity contribution in [2.75, 3.05) is 6.54 Å². The van der Waals surface area contributed by atoms with E-state index in [1.165, 1.54) is 11.3 Å². The molecule has 7 heteroatoms. The van der Waals surface area contributed by atoms with Crippen molar-refractivity contribution in [2.24, 2.45) is 0 Å². The van der Waals surface area contributed by atoms with E-state index >= 15 is 0 Å². The van der Waals surface area contributed by atoms with Crippen LogP contribution < -0.4 is 5.32 Å². The maximum Gasteiger partial charge on any atom is 0.282 e. The summed E-state index contributed by atoms with van der Waals surface area (Å²) < 4.78 is 1.71. The minimum atomic E-state index is -0.121. The summed E-state index contributed by atoms with van der Waals surface area (Å²) in [7, 11) is 0. The molecule has 1 fully saturated rings. The van der Waals surface area contributed by atoms with E-state index in [0.29, 0.717) is 22.4 Å². The van der Waals surface area contributed by atoms with Crippen molar-refractivity contribution >= 4 is 22.2 Å². The molecule has 0 saturated heterocycles. The Morgan fingerprint density at radius 2 is 2.35 bits per heavy atom. The second-order valence-electron chi connectivity index (χ2n) is 4.19. The molecule has 2 heterocycles. The van der Waals surface area contributed by atoms with Gasteiger partial charge in [-0.3, -0.25) is 4.79 Å². The summed E-state index contributed by atoms with van der Waals surface area (Å²) in [6, 6.07) is 0. The lowest BCUT2D eigenvalue weighted by molar-refractivity contribution is 0.0952. The Kier molecular flexibility index (Phi) is 2.54. The number of nitrogens with zero attached hydrogens (tertiary/aromatic N) is 4. The summed E-state index contributed by atoms with van der Waals surface area (Å²) in [5, 5.41) is 15.7. The second-order valence-corrected chi connectivity index (χ2v) is 5.15. The standard InChI is InChI=1S/C10H13N5OS/c1-2-5-11-8(16)9-14-15-7(6-3-4-6)12-13-10(15)17-9/h6H,2-5H2,1H3,(H,11,16). The fourth-order valence-corrected chi connectivity index (χ4v) is 2.40. The Balaban J connectivity index is 1.88. The van der Waals surface area contributed by atoms with Gasteiger partial charge in [-0.05, 0) is 19.3 Å². The third kappa shape index (κ3) is 1.90. The van der Waals surface area contributed by atoms with Gasteiger partial charge in [-0.1, -0.05) is 18.3 Å². The molecule has 0 aliphatic heterocycles. The van der Waals surface area contributed by atoms with Gasteiger partial charge in [0, 0.05) is 12.5 Å². The van der Waals surface area contributed by atoms with Gasteiger partial charge in [0.2, 0.25) is 9.97 Å². The number of rotatable bonds is 4. The topological polar surface area (TPSA) is 72.2 Å². The van der Waals surface area contributed by atoms with E-state index in [1.807, 2.05) is 6.92 Å². The van der Waals surface area contributed by atoms with Gasteiger partial charge in [0.05, 0.1) is 0 Å². The van der Waals surface area contributed by atoms with E-state index < -0.39 is 0 Å². The first kappa shape index (κ1) is 10.6. The number of carbonyl (C=O) groups excluding carboxylic acids is 1. The molecule has 90 valence electrons. The van der Waals surface area contributed by atoms with Gasteiger partial charge in [-0.2, -0.15) is 4.52 Å². The third-order valence-electron chi connectivity index (χ3n) is 2.69. The molecule has 1 saturated carbocycles. The molecule has 1 N–H and O–H groups in total. The second kappa shape index (κ2) is 4.06. The van der Waals surface area contributed by atoms with Gasteiger partial charge in [-0.15, -0.1) is 15.3 Å². The molecular weight excluding hydrogens is 238 g/mol. The Hall–Kier alpha value is -1.50. The molecule has 1 aliphatic rings. The maximum atomic E-state index is 11.7. The minimum absolute atomic E-state index is 0.121. The maximum absolute atomic E-state index is 11.7. The molecule has 0 spiro atoms. The van der Waals surface area contributed by atoms with Crippen LogP contribution >= 0.6 is 11.3 Å². The molecule has 0 bridgehead atoms. The first-order valence-electron chi connectivity index (χ1n) is 5.80. The molecule has 2 aromatic rings. The third-order valence-corrected chi connectivity index (χ3v) is 3.58. The van der Waals surface area contributed by atoms with Crippen LogP contribution in [0.4, 0.5) is 0 Å². The van der Waals surface area contributed by atoms with E-state index in [1.54, 1.807) is 4.52 Å². The largest absolute Gasteiger partial charge is 0.350 e. The van der Waals surface area contributed by atoms with Crippen LogP contribution in [-0.4, -0.2) is 32.3 Å². The lowest BCUT2D eigenvalue weighted by atomic mass is 10.4. The van der Waals surface area contributed by atoms with Gasteiger partial charge in [0.1, 0.15) is 0 Å². The average Bonchev–Trinajstić information content (AvgIpc) is 2.95. The smallest absolute Gasteiger partial charge is 0.282 e. The number of aromatic nitrogens is 4. The lowest BCUT2D eigenvalue weighted by Gasteiger charge is -1.97. The number of hydrogen-bond acceptors (Lipinski definition) is 5. The van der Waals surface area contributed by atoms with Crippen LogP contribution in [0, 0.1) is 0 Å². The summed E-state index contributed by atoms with van der Waals surface area (Å²) in [4.78, 5) is 12.4. The fourth-order valence-electron chi connectivity index (χ4n) is 1.63. The van der Waals surface area contributed by atoms with Crippen molar-refractivity contribution in [2.45, 2.75) is 32.1 Å². The van der Waals surface area contributed by atoms with Gasteiger partial charge >= 0.3 is 0 Å². The number of fused-ring (bicyclic) bond motifs is 1. The van der Waals surface area contributed by atoms with Crippen LogP contribution in [-0.2, 0) is 0 Å². The molecule has 2 aromatic heterocycles. The molecule has 0 radical (unpaired) electrons. The monoisotopic (exact) mass is 251 g/mol. The lowest BCUT2D eigenvalue weighted by Crippen LogP contribution is -2.24.